The second kappa shape index (κ2) is 7.31. The number of hydrogen-bond donors (Lipinski definition) is 1. The second-order valence-electron chi connectivity index (χ2n) is 4.92. The smallest absolute Gasteiger partial charge is 0.251 e. The van der Waals surface area contributed by atoms with Gasteiger partial charge in [-0.2, -0.15) is 0 Å². The highest BCUT2D eigenvalue weighted by Crippen LogP contribution is 2.17. The number of ether oxygens (including phenoxy) is 1. The van der Waals surface area contributed by atoms with Crippen LogP contribution in [0.5, 0.6) is 5.75 Å². The Balaban J connectivity index is 1.87. The van der Waals surface area contributed by atoms with Gasteiger partial charge in [0.15, 0.2) is 5.16 Å². The predicted molar refractivity (Wildman–Crippen MR) is 86.4 cm³/mol. The normalized spacial score (nSPS) is 10.6. The second-order valence-corrected chi connectivity index (χ2v) is 6.00. The minimum Gasteiger partial charge on any atom is -0.493 e. The number of nitrogens with zero attached hydrogens (tertiary/aromatic N) is 1. The number of nitrogens with one attached hydrogen (secondary N) is 1. The van der Waals surface area contributed by atoms with E-state index in [9.17, 15) is 4.79 Å². The first kappa shape index (κ1) is 15.6. The third-order valence-electron chi connectivity index (χ3n) is 2.92. The van der Waals surface area contributed by atoms with Crippen LogP contribution in [0.15, 0.2) is 34.2 Å². The molecule has 21 heavy (non-hydrogen) atoms. The molecular weight excluding hydrogens is 284 g/mol. The van der Waals surface area contributed by atoms with Crippen molar-refractivity contribution in [1.82, 2.24) is 9.97 Å². The molecular formula is C16H20N2O2S. The minimum atomic E-state index is -0.0976. The van der Waals surface area contributed by atoms with Gasteiger partial charge in [-0.25, -0.2) is 4.98 Å². The van der Waals surface area contributed by atoms with Gasteiger partial charge in [0.2, 0.25) is 0 Å². The molecule has 0 aliphatic heterocycles. The van der Waals surface area contributed by atoms with E-state index in [1.165, 1.54) is 29.0 Å². The van der Waals surface area contributed by atoms with E-state index in [0.717, 1.165) is 23.6 Å². The molecule has 1 aromatic heterocycles. The van der Waals surface area contributed by atoms with Crippen molar-refractivity contribution in [3.8, 4) is 5.75 Å². The molecule has 2 rings (SSSR count). The first-order valence-corrected chi connectivity index (χ1v) is 7.99. The Morgan fingerprint density at radius 1 is 1.19 bits per heavy atom. The first-order chi connectivity index (χ1) is 10.1. The summed E-state index contributed by atoms with van der Waals surface area (Å²) < 4.78 is 5.74. The summed E-state index contributed by atoms with van der Waals surface area (Å²) in [5, 5.41) is 0.656. The van der Waals surface area contributed by atoms with Crippen LogP contribution in [0.2, 0.25) is 0 Å². The zero-order chi connectivity index (χ0) is 15.2. The van der Waals surface area contributed by atoms with Gasteiger partial charge >= 0.3 is 0 Å². The average molecular weight is 304 g/mol. The zero-order valence-electron chi connectivity index (χ0n) is 12.6. The van der Waals surface area contributed by atoms with Crippen LogP contribution in [0.25, 0.3) is 0 Å². The monoisotopic (exact) mass is 304 g/mol. The van der Waals surface area contributed by atoms with E-state index in [4.69, 9.17) is 4.74 Å². The number of rotatable bonds is 6. The number of aromatic nitrogens is 2. The van der Waals surface area contributed by atoms with E-state index >= 15 is 0 Å². The van der Waals surface area contributed by atoms with Crippen LogP contribution >= 0.6 is 11.8 Å². The quantitative estimate of drug-likeness (QED) is 0.506. The SMILES string of the molecule is CCc1cc(=O)[nH]c(SCCOc2cc(C)cc(C)c2)n1. The molecule has 0 radical (unpaired) electrons. The number of aromatic amines is 1. The van der Waals surface area contributed by atoms with Crippen LogP contribution < -0.4 is 10.3 Å². The molecule has 1 N–H and O–H groups in total. The number of thioether (sulfide) groups is 1. The van der Waals surface area contributed by atoms with Crippen molar-refractivity contribution >= 4 is 11.8 Å². The summed E-state index contributed by atoms with van der Waals surface area (Å²) in [5.74, 6) is 1.63. The molecule has 0 unspecified atom stereocenters. The van der Waals surface area contributed by atoms with Crippen molar-refractivity contribution in [2.75, 3.05) is 12.4 Å². The maximum absolute atomic E-state index is 11.5. The molecule has 0 bridgehead atoms. The van der Waals surface area contributed by atoms with Crippen molar-refractivity contribution in [3.63, 3.8) is 0 Å². The largest absolute Gasteiger partial charge is 0.493 e. The summed E-state index contributed by atoms with van der Waals surface area (Å²) in [7, 11) is 0. The lowest BCUT2D eigenvalue weighted by Gasteiger charge is -2.08. The van der Waals surface area contributed by atoms with Gasteiger partial charge in [-0.1, -0.05) is 24.8 Å². The number of hydrogen-bond acceptors (Lipinski definition) is 4. The summed E-state index contributed by atoms with van der Waals surface area (Å²) >= 11 is 1.50. The van der Waals surface area contributed by atoms with Crippen molar-refractivity contribution in [1.29, 1.82) is 0 Å². The van der Waals surface area contributed by atoms with Crippen LogP contribution in [0.3, 0.4) is 0 Å². The molecule has 112 valence electrons. The predicted octanol–water partition coefficient (Wildman–Crippen LogP) is 3.12. The van der Waals surface area contributed by atoms with Gasteiger partial charge in [0.25, 0.3) is 5.56 Å². The lowest BCUT2D eigenvalue weighted by Crippen LogP contribution is -2.10. The molecule has 1 aromatic carbocycles. The maximum Gasteiger partial charge on any atom is 0.251 e. The standard InChI is InChI=1S/C16H20N2O2S/c1-4-13-10-15(19)18-16(17-13)21-6-5-20-14-8-11(2)7-12(3)9-14/h7-10H,4-6H2,1-3H3,(H,17,18,19). The Morgan fingerprint density at radius 2 is 1.90 bits per heavy atom. The van der Waals surface area contributed by atoms with Crippen LogP contribution in [0.1, 0.15) is 23.7 Å². The highest BCUT2D eigenvalue weighted by molar-refractivity contribution is 7.99. The molecule has 0 amide bonds. The molecule has 0 saturated carbocycles. The van der Waals surface area contributed by atoms with E-state index < -0.39 is 0 Å². The lowest BCUT2D eigenvalue weighted by molar-refractivity contribution is 0.343. The zero-order valence-corrected chi connectivity index (χ0v) is 13.4. The first-order valence-electron chi connectivity index (χ1n) is 7.01. The van der Waals surface area contributed by atoms with Crippen LogP contribution in [0.4, 0.5) is 0 Å². The van der Waals surface area contributed by atoms with E-state index in [1.54, 1.807) is 0 Å². The molecule has 0 atom stereocenters. The van der Waals surface area contributed by atoms with E-state index in [0.29, 0.717) is 11.8 Å². The average Bonchev–Trinajstić information content (AvgIpc) is 2.42. The fourth-order valence-corrected chi connectivity index (χ4v) is 2.76. The number of H-pyrrole nitrogens is 1. The molecule has 2 aromatic rings. The molecule has 0 spiro atoms. The Kier molecular flexibility index (Phi) is 5.44. The van der Waals surface area contributed by atoms with Crippen LogP contribution in [-0.2, 0) is 6.42 Å². The fraction of sp³-hybridized carbons (Fsp3) is 0.375. The summed E-state index contributed by atoms with van der Waals surface area (Å²) in [6.07, 6.45) is 0.760. The molecule has 0 fully saturated rings. The van der Waals surface area contributed by atoms with Crippen molar-refractivity contribution in [2.24, 2.45) is 0 Å². The van der Waals surface area contributed by atoms with Gasteiger partial charge in [0.1, 0.15) is 5.75 Å². The van der Waals surface area contributed by atoms with E-state index in [1.807, 2.05) is 19.1 Å². The summed E-state index contributed by atoms with van der Waals surface area (Å²) in [6.45, 7) is 6.67. The van der Waals surface area contributed by atoms with Crippen molar-refractivity contribution in [2.45, 2.75) is 32.3 Å². The van der Waals surface area contributed by atoms with E-state index in [-0.39, 0.29) is 5.56 Å². The topological polar surface area (TPSA) is 55.0 Å². The molecule has 0 aliphatic rings. The fourth-order valence-electron chi connectivity index (χ4n) is 2.05. The molecule has 0 saturated heterocycles. The van der Waals surface area contributed by atoms with Gasteiger partial charge < -0.3 is 9.72 Å². The summed E-state index contributed by atoms with van der Waals surface area (Å²) in [6, 6.07) is 7.70. The van der Waals surface area contributed by atoms with Crippen molar-refractivity contribution < 1.29 is 4.74 Å². The third kappa shape index (κ3) is 4.93. The molecule has 1 heterocycles. The van der Waals surface area contributed by atoms with Crippen LogP contribution in [0, 0.1) is 13.8 Å². The molecule has 0 aliphatic carbocycles. The Hall–Kier alpha value is -1.75. The van der Waals surface area contributed by atoms with Gasteiger partial charge in [-0.15, -0.1) is 0 Å². The van der Waals surface area contributed by atoms with Gasteiger partial charge in [0, 0.05) is 17.5 Å². The summed E-state index contributed by atoms with van der Waals surface area (Å²) in [5.41, 5.74) is 3.11. The van der Waals surface area contributed by atoms with E-state index in [2.05, 4.69) is 29.9 Å². The summed E-state index contributed by atoms with van der Waals surface area (Å²) in [4.78, 5) is 18.6. The van der Waals surface area contributed by atoms with Gasteiger partial charge in [-0.3, -0.25) is 4.79 Å². The molecule has 5 heteroatoms. The Labute approximate surface area is 129 Å². The van der Waals surface area contributed by atoms with Crippen molar-refractivity contribution in [3.05, 3.63) is 51.4 Å². The van der Waals surface area contributed by atoms with Gasteiger partial charge in [-0.05, 0) is 43.5 Å². The molecule has 4 nitrogen and oxygen atoms in total. The lowest BCUT2D eigenvalue weighted by atomic mass is 10.1. The Morgan fingerprint density at radius 3 is 2.57 bits per heavy atom. The van der Waals surface area contributed by atoms with Crippen LogP contribution in [-0.4, -0.2) is 22.3 Å². The highest BCUT2D eigenvalue weighted by atomic mass is 32.2. The number of benzene rings is 1. The minimum absolute atomic E-state index is 0.0976. The third-order valence-corrected chi connectivity index (χ3v) is 3.76. The maximum atomic E-state index is 11.5. The highest BCUT2D eigenvalue weighted by Gasteiger charge is 2.02. The Bertz CT molecular complexity index is 647. The number of aryl methyl sites for hydroxylation is 3. The van der Waals surface area contributed by atoms with Gasteiger partial charge in [0.05, 0.1) is 6.61 Å².